The molecule has 0 radical (unpaired) electrons. The van der Waals surface area contributed by atoms with Crippen molar-refractivity contribution >= 4 is 15.8 Å². The molecular formula is C13H20O2Si. The fraction of sp³-hybridized carbons (Fsp3) is 0.385. The minimum Gasteiger partial charge on any atom is -0.549 e. The van der Waals surface area contributed by atoms with Gasteiger partial charge >= 0.3 is 0 Å². The van der Waals surface area contributed by atoms with Crippen LogP contribution in [-0.4, -0.2) is 23.5 Å². The topological polar surface area (TPSA) is 18.5 Å². The van der Waals surface area contributed by atoms with Gasteiger partial charge in [-0.25, -0.2) is 0 Å². The van der Waals surface area contributed by atoms with Crippen LogP contribution in [0.3, 0.4) is 0 Å². The van der Waals surface area contributed by atoms with Crippen LogP contribution < -0.4 is 4.43 Å². The Labute approximate surface area is 100 Å². The van der Waals surface area contributed by atoms with Crippen molar-refractivity contribution in [2.45, 2.75) is 18.9 Å². The average Bonchev–Trinajstić information content (AvgIpc) is 2.34. The lowest BCUT2D eigenvalue weighted by molar-refractivity contribution is 0.191. The van der Waals surface area contributed by atoms with E-state index in [2.05, 4.69) is 13.5 Å². The molecule has 1 aromatic rings. The SMILES string of the molecule is C=Cc1cccc(O[SiH2]C(CC)COC)c1. The number of methoxy groups -OCH3 is 1. The summed E-state index contributed by atoms with van der Waals surface area (Å²) in [4.78, 5) is 0. The lowest BCUT2D eigenvalue weighted by Gasteiger charge is -2.14. The van der Waals surface area contributed by atoms with Gasteiger partial charge in [0.2, 0.25) is 9.76 Å². The molecule has 0 heterocycles. The standard InChI is InChI=1S/C13H20O2Si/c1-4-11-7-6-8-12(9-11)15-16-13(5-2)10-14-3/h4,6-9,13H,1,5,10,16H2,2-3H3. The zero-order chi connectivity index (χ0) is 11.8. The zero-order valence-corrected chi connectivity index (χ0v) is 11.5. The molecule has 1 unspecified atom stereocenters. The summed E-state index contributed by atoms with van der Waals surface area (Å²) < 4.78 is 11.0. The Morgan fingerprint density at radius 3 is 2.94 bits per heavy atom. The molecule has 0 fully saturated rings. The summed E-state index contributed by atoms with van der Waals surface area (Å²) in [6.45, 7) is 6.74. The van der Waals surface area contributed by atoms with Crippen LogP contribution in [0.2, 0.25) is 5.54 Å². The highest BCUT2D eigenvalue weighted by molar-refractivity contribution is 6.30. The van der Waals surface area contributed by atoms with Crippen LogP contribution in [0.1, 0.15) is 18.9 Å². The Morgan fingerprint density at radius 1 is 1.50 bits per heavy atom. The quantitative estimate of drug-likeness (QED) is 0.678. The monoisotopic (exact) mass is 236 g/mol. The van der Waals surface area contributed by atoms with Gasteiger partial charge in [-0.05, 0) is 17.7 Å². The third-order valence-corrected chi connectivity index (χ3v) is 4.34. The van der Waals surface area contributed by atoms with Crippen LogP contribution in [-0.2, 0) is 4.74 Å². The molecule has 0 saturated heterocycles. The molecule has 1 aromatic carbocycles. The van der Waals surface area contributed by atoms with Crippen LogP contribution in [0.5, 0.6) is 5.75 Å². The van der Waals surface area contributed by atoms with E-state index in [0.717, 1.165) is 24.3 Å². The molecule has 16 heavy (non-hydrogen) atoms. The molecule has 2 nitrogen and oxygen atoms in total. The Balaban J connectivity index is 2.49. The van der Waals surface area contributed by atoms with Gasteiger partial charge < -0.3 is 9.16 Å². The molecule has 0 aliphatic carbocycles. The molecule has 0 aliphatic rings. The molecule has 0 amide bonds. The molecule has 0 saturated carbocycles. The molecule has 0 spiro atoms. The van der Waals surface area contributed by atoms with E-state index < -0.39 is 9.76 Å². The molecule has 3 heteroatoms. The maximum absolute atomic E-state index is 5.87. The highest BCUT2D eigenvalue weighted by Gasteiger charge is 2.08. The number of benzene rings is 1. The number of rotatable bonds is 7. The Morgan fingerprint density at radius 2 is 2.31 bits per heavy atom. The fourth-order valence-corrected chi connectivity index (χ4v) is 2.64. The highest BCUT2D eigenvalue weighted by Crippen LogP contribution is 2.16. The van der Waals surface area contributed by atoms with Gasteiger partial charge in [-0.2, -0.15) is 0 Å². The summed E-state index contributed by atoms with van der Waals surface area (Å²) in [5.74, 6) is 0.957. The Hall–Kier alpha value is -1.06. The van der Waals surface area contributed by atoms with Crippen LogP contribution in [0.15, 0.2) is 30.8 Å². The third kappa shape index (κ3) is 4.21. The summed E-state index contributed by atoms with van der Waals surface area (Å²) in [5.41, 5.74) is 1.70. The zero-order valence-electron chi connectivity index (χ0n) is 10.1. The first kappa shape index (κ1) is 13.0. The average molecular weight is 236 g/mol. The first-order chi connectivity index (χ1) is 7.80. The molecule has 1 atom stereocenters. The molecule has 0 aliphatic heterocycles. The van der Waals surface area contributed by atoms with Gasteiger partial charge in [0.15, 0.2) is 0 Å². The second kappa shape index (κ2) is 7.25. The maximum Gasteiger partial charge on any atom is 0.224 e. The summed E-state index contributed by atoms with van der Waals surface area (Å²) in [6.07, 6.45) is 2.96. The number of ether oxygens (including phenoxy) is 1. The Kier molecular flexibility index (Phi) is 5.89. The second-order valence-corrected chi connectivity index (χ2v) is 5.59. The smallest absolute Gasteiger partial charge is 0.224 e. The fourth-order valence-electron chi connectivity index (χ4n) is 1.46. The van der Waals surface area contributed by atoms with E-state index in [1.807, 2.05) is 30.3 Å². The first-order valence-corrected chi connectivity index (χ1v) is 7.03. The third-order valence-electron chi connectivity index (χ3n) is 2.56. The lowest BCUT2D eigenvalue weighted by Crippen LogP contribution is -2.15. The lowest BCUT2D eigenvalue weighted by atomic mass is 10.2. The molecular weight excluding hydrogens is 216 g/mol. The predicted molar refractivity (Wildman–Crippen MR) is 71.6 cm³/mol. The molecule has 0 bridgehead atoms. The second-order valence-electron chi connectivity index (χ2n) is 3.82. The summed E-state index contributed by atoms with van der Waals surface area (Å²) >= 11 is 0. The van der Waals surface area contributed by atoms with Crippen molar-refractivity contribution in [3.8, 4) is 5.75 Å². The van der Waals surface area contributed by atoms with E-state index in [-0.39, 0.29) is 0 Å². The summed E-state index contributed by atoms with van der Waals surface area (Å²) in [6, 6.07) is 8.05. The van der Waals surface area contributed by atoms with Crippen molar-refractivity contribution in [1.29, 1.82) is 0 Å². The van der Waals surface area contributed by atoms with Crippen LogP contribution >= 0.6 is 0 Å². The van der Waals surface area contributed by atoms with Gasteiger partial charge in [0.25, 0.3) is 0 Å². The maximum atomic E-state index is 5.87. The van der Waals surface area contributed by atoms with Crippen LogP contribution in [0.25, 0.3) is 6.08 Å². The Bertz CT molecular complexity index is 325. The first-order valence-electron chi connectivity index (χ1n) is 5.64. The minimum absolute atomic E-state index is 0.567. The molecule has 0 N–H and O–H groups in total. The van der Waals surface area contributed by atoms with Gasteiger partial charge in [-0.1, -0.05) is 38.1 Å². The van der Waals surface area contributed by atoms with E-state index in [4.69, 9.17) is 9.16 Å². The van der Waals surface area contributed by atoms with Crippen molar-refractivity contribution in [2.75, 3.05) is 13.7 Å². The van der Waals surface area contributed by atoms with Crippen molar-refractivity contribution in [2.24, 2.45) is 0 Å². The number of hydrogen-bond acceptors (Lipinski definition) is 2. The molecule has 1 rings (SSSR count). The molecule has 88 valence electrons. The van der Waals surface area contributed by atoms with Gasteiger partial charge in [0, 0.05) is 19.3 Å². The van der Waals surface area contributed by atoms with Crippen molar-refractivity contribution in [1.82, 2.24) is 0 Å². The van der Waals surface area contributed by atoms with Gasteiger partial charge in [0.1, 0.15) is 5.75 Å². The number of hydrogen-bond donors (Lipinski definition) is 0. The van der Waals surface area contributed by atoms with Gasteiger partial charge in [0.05, 0.1) is 0 Å². The largest absolute Gasteiger partial charge is 0.549 e. The van der Waals surface area contributed by atoms with E-state index in [1.54, 1.807) is 7.11 Å². The molecule has 0 aromatic heterocycles. The van der Waals surface area contributed by atoms with Crippen molar-refractivity contribution < 1.29 is 9.16 Å². The van der Waals surface area contributed by atoms with Crippen LogP contribution in [0.4, 0.5) is 0 Å². The van der Waals surface area contributed by atoms with Crippen molar-refractivity contribution in [3.63, 3.8) is 0 Å². The summed E-state index contributed by atoms with van der Waals surface area (Å²) in [7, 11) is 1.18. The van der Waals surface area contributed by atoms with E-state index in [9.17, 15) is 0 Å². The van der Waals surface area contributed by atoms with Gasteiger partial charge in [-0.15, -0.1) is 0 Å². The normalized spacial score (nSPS) is 12.9. The summed E-state index contributed by atoms with van der Waals surface area (Å²) in [5, 5.41) is 0. The predicted octanol–water partition coefficient (Wildman–Crippen LogP) is 2.64. The van der Waals surface area contributed by atoms with E-state index in [0.29, 0.717) is 5.54 Å². The van der Waals surface area contributed by atoms with Crippen molar-refractivity contribution in [3.05, 3.63) is 36.4 Å². The van der Waals surface area contributed by atoms with Gasteiger partial charge in [-0.3, -0.25) is 0 Å². The minimum atomic E-state index is -0.567. The van der Waals surface area contributed by atoms with E-state index >= 15 is 0 Å². The van der Waals surface area contributed by atoms with Crippen LogP contribution in [0, 0.1) is 0 Å². The highest BCUT2D eigenvalue weighted by atomic mass is 28.2. The van der Waals surface area contributed by atoms with E-state index in [1.165, 1.54) is 0 Å².